The van der Waals surface area contributed by atoms with Gasteiger partial charge in [0.15, 0.2) is 0 Å². The van der Waals surface area contributed by atoms with Crippen molar-refractivity contribution in [3.63, 3.8) is 0 Å². The molecular formula is C30H26F4N4O2. The zero-order valence-corrected chi connectivity index (χ0v) is 21.4. The lowest BCUT2D eigenvalue weighted by Gasteiger charge is -2.32. The highest BCUT2D eigenvalue weighted by Crippen LogP contribution is 2.40. The van der Waals surface area contributed by atoms with Crippen LogP contribution in [0.4, 0.5) is 17.6 Å². The topological polar surface area (TPSA) is 71.1 Å². The number of nitrogens with zero attached hydrogens (tertiary/aromatic N) is 3. The standard InChI is InChI=1S/C30H26F4N4O2/c1-2-27(39)38-14-6-9-22(18-38)40-26-13-11-21(17-35-26)28(20-10-12-25-23(15-20)29(31)37-36-25)24(16-30(32,33)34)19-7-4-3-5-8-19/h2-5,7-8,10-13,15,17,22H,1,6,9,14,16,18H2,(H,36,37)/b28-24-. The van der Waals surface area contributed by atoms with E-state index in [1.54, 1.807) is 59.5 Å². The number of amides is 1. The van der Waals surface area contributed by atoms with Gasteiger partial charge in [0.2, 0.25) is 17.7 Å². The number of benzene rings is 2. The van der Waals surface area contributed by atoms with Gasteiger partial charge in [0, 0.05) is 24.4 Å². The van der Waals surface area contributed by atoms with Crippen LogP contribution in [0.25, 0.3) is 22.0 Å². The Morgan fingerprint density at radius 2 is 1.88 bits per heavy atom. The van der Waals surface area contributed by atoms with Gasteiger partial charge in [-0.05, 0) is 59.4 Å². The lowest BCUT2D eigenvalue weighted by atomic mass is 9.88. The molecule has 2 aromatic heterocycles. The minimum Gasteiger partial charge on any atom is -0.472 e. The van der Waals surface area contributed by atoms with E-state index in [4.69, 9.17) is 4.74 Å². The number of ether oxygens (including phenoxy) is 1. The molecule has 4 aromatic rings. The molecule has 0 bridgehead atoms. The van der Waals surface area contributed by atoms with E-state index in [-0.39, 0.29) is 34.4 Å². The number of likely N-dealkylation sites (tertiary alicyclic amines) is 1. The van der Waals surface area contributed by atoms with Gasteiger partial charge >= 0.3 is 6.18 Å². The molecule has 1 saturated heterocycles. The molecule has 40 heavy (non-hydrogen) atoms. The number of hydrogen-bond donors (Lipinski definition) is 1. The number of rotatable bonds is 7. The van der Waals surface area contributed by atoms with Crippen molar-refractivity contribution in [2.45, 2.75) is 31.5 Å². The van der Waals surface area contributed by atoms with Crippen LogP contribution in [-0.2, 0) is 4.79 Å². The molecular weight excluding hydrogens is 524 g/mol. The fourth-order valence-corrected chi connectivity index (χ4v) is 4.96. The van der Waals surface area contributed by atoms with Crippen LogP contribution in [0, 0.1) is 5.95 Å². The molecule has 206 valence electrons. The zero-order valence-electron chi connectivity index (χ0n) is 21.4. The van der Waals surface area contributed by atoms with Gasteiger partial charge in [-0.1, -0.05) is 43.0 Å². The van der Waals surface area contributed by atoms with Crippen LogP contribution in [0.15, 0.2) is 79.5 Å². The first-order chi connectivity index (χ1) is 19.2. The number of pyridine rings is 1. The Balaban J connectivity index is 1.56. The third-order valence-electron chi connectivity index (χ3n) is 6.77. The maximum absolute atomic E-state index is 14.4. The van der Waals surface area contributed by atoms with Crippen LogP contribution in [0.1, 0.15) is 36.0 Å². The van der Waals surface area contributed by atoms with Crippen molar-refractivity contribution in [1.82, 2.24) is 20.1 Å². The lowest BCUT2D eigenvalue weighted by Crippen LogP contribution is -2.43. The summed E-state index contributed by atoms with van der Waals surface area (Å²) in [5.41, 5.74) is 1.83. The van der Waals surface area contributed by atoms with Gasteiger partial charge in [0.25, 0.3) is 0 Å². The Hall–Kier alpha value is -4.47. The molecule has 1 aliphatic heterocycles. The fourth-order valence-electron chi connectivity index (χ4n) is 4.96. The molecule has 10 heteroatoms. The van der Waals surface area contributed by atoms with E-state index in [9.17, 15) is 22.4 Å². The molecule has 0 aliphatic carbocycles. The summed E-state index contributed by atoms with van der Waals surface area (Å²) in [6.45, 7) is 4.54. The summed E-state index contributed by atoms with van der Waals surface area (Å²) in [4.78, 5) is 18.1. The average molecular weight is 551 g/mol. The predicted octanol–water partition coefficient (Wildman–Crippen LogP) is 6.56. The number of hydrogen-bond acceptors (Lipinski definition) is 4. The molecule has 0 saturated carbocycles. The first-order valence-electron chi connectivity index (χ1n) is 12.8. The van der Waals surface area contributed by atoms with Crippen molar-refractivity contribution < 1.29 is 27.1 Å². The smallest absolute Gasteiger partial charge is 0.393 e. The Labute approximate surface area is 228 Å². The third-order valence-corrected chi connectivity index (χ3v) is 6.77. The number of aromatic nitrogens is 3. The number of halogens is 4. The van der Waals surface area contributed by atoms with Crippen molar-refractivity contribution in [1.29, 1.82) is 0 Å². The SMILES string of the molecule is C=CC(=O)N1CCCC(Oc2ccc(/C(=C(/CC(F)(F)F)c3ccccc3)c3ccc4n[nH]c(F)c4c3)cn2)C1. The number of carbonyl (C=O) groups is 1. The number of H-pyrrole nitrogens is 1. The molecule has 1 unspecified atom stereocenters. The van der Waals surface area contributed by atoms with E-state index in [2.05, 4.69) is 21.8 Å². The summed E-state index contributed by atoms with van der Waals surface area (Å²) in [6, 6.07) is 16.2. The summed E-state index contributed by atoms with van der Waals surface area (Å²) < 4.78 is 62.1. The Morgan fingerprint density at radius 1 is 1.10 bits per heavy atom. The van der Waals surface area contributed by atoms with Gasteiger partial charge in [-0.25, -0.2) is 4.98 Å². The summed E-state index contributed by atoms with van der Waals surface area (Å²) >= 11 is 0. The average Bonchev–Trinajstić information content (AvgIpc) is 3.33. The Bertz CT molecular complexity index is 1550. The maximum atomic E-state index is 14.4. The molecule has 5 rings (SSSR count). The molecule has 2 aromatic carbocycles. The van der Waals surface area contributed by atoms with Crippen molar-refractivity contribution in [3.05, 3.63) is 102 Å². The number of fused-ring (bicyclic) bond motifs is 1. The molecule has 1 amide bonds. The van der Waals surface area contributed by atoms with Crippen LogP contribution < -0.4 is 4.74 Å². The van der Waals surface area contributed by atoms with Gasteiger partial charge < -0.3 is 9.64 Å². The van der Waals surface area contributed by atoms with Crippen LogP contribution in [0.3, 0.4) is 0 Å². The molecule has 1 aliphatic rings. The molecule has 1 fully saturated rings. The van der Waals surface area contributed by atoms with Crippen molar-refractivity contribution in [2.75, 3.05) is 13.1 Å². The summed E-state index contributed by atoms with van der Waals surface area (Å²) in [5.74, 6) is -0.559. The fraction of sp³-hybridized carbons (Fsp3) is 0.233. The number of carbonyl (C=O) groups excluding carboxylic acids is 1. The van der Waals surface area contributed by atoms with Gasteiger partial charge in [-0.15, -0.1) is 0 Å². The van der Waals surface area contributed by atoms with Gasteiger partial charge in [-0.2, -0.15) is 22.7 Å². The number of alkyl halides is 3. The maximum Gasteiger partial charge on any atom is 0.393 e. The summed E-state index contributed by atoms with van der Waals surface area (Å²) in [7, 11) is 0. The van der Waals surface area contributed by atoms with E-state index in [1.807, 2.05) is 0 Å². The van der Waals surface area contributed by atoms with Crippen LogP contribution in [0.2, 0.25) is 0 Å². The minimum absolute atomic E-state index is 0.0256. The minimum atomic E-state index is -4.51. The number of allylic oxidation sites excluding steroid dienone is 1. The van der Waals surface area contributed by atoms with Gasteiger partial charge in [0.1, 0.15) is 6.10 Å². The first kappa shape index (κ1) is 27.1. The van der Waals surface area contributed by atoms with Crippen LogP contribution in [-0.4, -0.2) is 51.4 Å². The second kappa shape index (κ2) is 11.3. The van der Waals surface area contributed by atoms with Crippen molar-refractivity contribution in [2.24, 2.45) is 0 Å². The third kappa shape index (κ3) is 6.06. The molecule has 1 atom stereocenters. The molecule has 3 heterocycles. The van der Waals surface area contributed by atoms with Gasteiger partial charge in [0.05, 0.1) is 23.9 Å². The van der Waals surface area contributed by atoms with Gasteiger partial charge in [-0.3, -0.25) is 9.89 Å². The van der Waals surface area contributed by atoms with Crippen molar-refractivity contribution in [3.8, 4) is 5.88 Å². The van der Waals surface area contributed by atoms with Crippen LogP contribution in [0.5, 0.6) is 5.88 Å². The zero-order chi connectivity index (χ0) is 28.3. The quantitative estimate of drug-likeness (QED) is 0.161. The molecule has 0 radical (unpaired) electrons. The highest BCUT2D eigenvalue weighted by atomic mass is 19.4. The summed E-state index contributed by atoms with van der Waals surface area (Å²) in [6.07, 6.45) is -1.77. The number of nitrogens with one attached hydrogen (secondary N) is 1. The molecule has 6 nitrogen and oxygen atoms in total. The van der Waals surface area contributed by atoms with Crippen molar-refractivity contribution >= 4 is 28.0 Å². The first-order valence-corrected chi connectivity index (χ1v) is 12.8. The summed E-state index contributed by atoms with van der Waals surface area (Å²) in [5, 5.41) is 6.32. The van der Waals surface area contributed by atoms with E-state index >= 15 is 0 Å². The number of aromatic amines is 1. The normalized spacial score (nSPS) is 16.5. The highest BCUT2D eigenvalue weighted by molar-refractivity contribution is 6.00. The molecule has 0 spiro atoms. The van der Waals surface area contributed by atoms with Crippen LogP contribution >= 0.6 is 0 Å². The lowest BCUT2D eigenvalue weighted by molar-refractivity contribution is -0.128. The Kier molecular flexibility index (Phi) is 7.68. The Morgan fingerprint density at radius 3 is 2.58 bits per heavy atom. The number of piperidine rings is 1. The van der Waals surface area contributed by atoms with E-state index in [0.29, 0.717) is 35.3 Å². The van der Waals surface area contributed by atoms with E-state index in [1.165, 1.54) is 18.3 Å². The monoisotopic (exact) mass is 550 g/mol. The van der Waals surface area contributed by atoms with E-state index < -0.39 is 18.5 Å². The predicted molar refractivity (Wildman–Crippen MR) is 144 cm³/mol. The second-order valence-electron chi connectivity index (χ2n) is 9.54. The second-order valence-corrected chi connectivity index (χ2v) is 9.54. The van der Waals surface area contributed by atoms with E-state index in [0.717, 1.165) is 12.8 Å². The highest BCUT2D eigenvalue weighted by Gasteiger charge is 2.32. The molecule has 1 N–H and O–H groups in total. The largest absolute Gasteiger partial charge is 0.472 e.